The van der Waals surface area contributed by atoms with Crippen LogP contribution in [0.2, 0.25) is 0 Å². The lowest BCUT2D eigenvalue weighted by Crippen LogP contribution is -2.56. The highest BCUT2D eigenvalue weighted by Crippen LogP contribution is 2.37. The predicted molar refractivity (Wildman–Crippen MR) is 65.5 cm³/mol. The third-order valence-corrected chi connectivity index (χ3v) is 3.64. The maximum absolute atomic E-state index is 5.96. The molecule has 0 aromatic heterocycles. The smallest absolute Gasteiger partial charge is 0.0448 e. The van der Waals surface area contributed by atoms with Crippen LogP contribution >= 0.6 is 0 Å². The van der Waals surface area contributed by atoms with E-state index in [0.29, 0.717) is 5.41 Å². The molecule has 15 heavy (non-hydrogen) atoms. The first-order valence-corrected chi connectivity index (χ1v) is 6.04. The monoisotopic (exact) mass is 213 g/mol. The predicted octanol–water partition coefficient (Wildman–Crippen LogP) is 1.74. The van der Waals surface area contributed by atoms with Crippen molar-refractivity contribution in [1.29, 1.82) is 0 Å². The lowest BCUT2D eigenvalue weighted by atomic mass is 9.83. The van der Waals surface area contributed by atoms with Gasteiger partial charge in [0.25, 0.3) is 0 Å². The molecule has 0 radical (unpaired) electrons. The number of hydrogen-bond donors (Lipinski definition) is 2. The summed E-state index contributed by atoms with van der Waals surface area (Å²) in [6.45, 7) is 5.48. The summed E-state index contributed by atoms with van der Waals surface area (Å²) in [5, 5.41) is 2.05. The van der Waals surface area contributed by atoms with Gasteiger partial charge in [0.05, 0.1) is 0 Å². The Morgan fingerprint density at radius 2 is 1.80 bits per heavy atom. The van der Waals surface area contributed by atoms with Gasteiger partial charge in [-0.05, 0) is 31.1 Å². The Morgan fingerprint density at radius 3 is 2.33 bits per heavy atom. The molecule has 0 aromatic rings. The first kappa shape index (κ1) is 12.9. The minimum atomic E-state index is 0.136. The van der Waals surface area contributed by atoms with E-state index < -0.39 is 0 Å². The molecule has 0 aliphatic heterocycles. The highest BCUT2D eigenvalue weighted by molar-refractivity contribution is 4.92. The van der Waals surface area contributed by atoms with Gasteiger partial charge in [0, 0.05) is 26.2 Å². The SMILES string of the molecule is CN(C)NC1(CN)CCCC(C)(C)CC1. The minimum Gasteiger partial charge on any atom is -0.329 e. The van der Waals surface area contributed by atoms with E-state index in [1.807, 2.05) is 19.1 Å². The van der Waals surface area contributed by atoms with Gasteiger partial charge in [0.2, 0.25) is 0 Å². The Morgan fingerprint density at radius 1 is 1.13 bits per heavy atom. The van der Waals surface area contributed by atoms with Gasteiger partial charge in [-0.3, -0.25) is 5.01 Å². The maximum atomic E-state index is 5.96. The Bertz CT molecular complexity index is 201. The topological polar surface area (TPSA) is 41.3 Å². The standard InChI is InChI=1S/C12H27N3/c1-11(2)6-5-7-12(10-13,9-8-11)14-15(3)4/h14H,5-10,13H2,1-4H3. The van der Waals surface area contributed by atoms with E-state index in [4.69, 9.17) is 5.73 Å². The molecular weight excluding hydrogens is 186 g/mol. The molecule has 0 heterocycles. The van der Waals surface area contributed by atoms with Gasteiger partial charge in [-0.1, -0.05) is 20.3 Å². The molecule has 0 aromatic carbocycles. The van der Waals surface area contributed by atoms with Crippen LogP contribution in [0.25, 0.3) is 0 Å². The number of nitrogens with one attached hydrogen (secondary N) is 1. The fraction of sp³-hybridized carbons (Fsp3) is 1.00. The van der Waals surface area contributed by atoms with E-state index >= 15 is 0 Å². The van der Waals surface area contributed by atoms with Crippen molar-refractivity contribution in [3.8, 4) is 0 Å². The summed E-state index contributed by atoms with van der Waals surface area (Å²) in [5.41, 5.74) is 10.1. The molecular formula is C12H27N3. The second kappa shape index (κ2) is 4.81. The summed E-state index contributed by atoms with van der Waals surface area (Å²) in [5.74, 6) is 0. The normalized spacial score (nSPS) is 31.6. The van der Waals surface area contributed by atoms with E-state index in [1.165, 1.54) is 32.1 Å². The zero-order valence-electron chi connectivity index (χ0n) is 10.8. The molecule has 3 nitrogen and oxygen atoms in total. The van der Waals surface area contributed by atoms with E-state index in [1.54, 1.807) is 0 Å². The number of hydrogen-bond acceptors (Lipinski definition) is 3. The van der Waals surface area contributed by atoms with Gasteiger partial charge in [-0.15, -0.1) is 0 Å². The van der Waals surface area contributed by atoms with Crippen molar-refractivity contribution in [2.24, 2.45) is 11.1 Å². The molecule has 1 aliphatic rings. The first-order chi connectivity index (χ1) is 6.89. The number of nitrogens with two attached hydrogens (primary N) is 1. The molecule has 0 spiro atoms. The molecule has 90 valence electrons. The van der Waals surface area contributed by atoms with Crippen LogP contribution < -0.4 is 11.2 Å². The van der Waals surface area contributed by atoms with Crippen molar-refractivity contribution in [2.45, 2.75) is 51.5 Å². The molecule has 0 bridgehead atoms. The number of hydrazine groups is 1. The molecule has 3 heteroatoms. The van der Waals surface area contributed by atoms with Crippen molar-refractivity contribution < 1.29 is 0 Å². The van der Waals surface area contributed by atoms with Gasteiger partial charge >= 0.3 is 0 Å². The second-order valence-corrected chi connectivity index (χ2v) is 6.01. The summed E-state index contributed by atoms with van der Waals surface area (Å²) >= 11 is 0. The van der Waals surface area contributed by atoms with Crippen molar-refractivity contribution in [3.63, 3.8) is 0 Å². The fourth-order valence-electron chi connectivity index (χ4n) is 2.57. The Labute approximate surface area is 94.4 Å². The van der Waals surface area contributed by atoms with Crippen LogP contribution in [-0.4, -0.2) is 31.2 Å². The van der Waals surface area contributed by atoms with E-state index in [-0.39, 0.29) is 5.54 Å². The van der Waals surface area contributed by atoms with Crippen molar-refractivity contribution in [2.75, 3.05) is 20.6 Å². The highest BCUT2D eigenvalue weighted by Gasteiger charge is 2.34. The highest BCUT2D eigenvalue weighted by atomic mass is 15.5. The number of nitrogens with zero attached hydrogens (tertiary/aromatic N) is 1. The molecule has 1 aliphatic carbocycles. The fourth-order valence-corrected chi connectivity index (χ4v) is 2.57. The summed E-state index contributed by atoms with van der Waals surface area (Å²) in [6, 6.07) is 0. The quantitative estimate of drug-likeness (QED) is 0.554. The maximum Gasteiger partial charge on any atom is 0.0448 e. The largest absolute Gasteiger partial charge is 0.329 e. The Balaban J connectivity index is 2.65. The van der Waals surface area contributed by atoms with Crippen LogP contribution in [0.4, 0.5) is 0 Å². The summed E-state index contributed by atoms with van der Waals surface area (Å²) < 4.78 is 0. The third-order valence-electron chi connectivity index (χ3n) is 3.64. The van der Waals surface area contributed by atoms with Gasteiger partial charge in [0.1, 0.15) is 0 Å². The Hall–Kier alpha value is -0.120. The summed E-state index contributed by atoms with van der Waals surface area (Å²) in [4.78, 5) is 0. The van der Waals surface area contributed by atoms with E-state index in [0.717, 1.165) is 6.54 Å². The molecule has 0 amide bonds. The first-order valence-electron chi connectivity index (χ1n) is 6.04. The molecule has 0 saturated heterocycles. The van der Waals surface area contributed by atoms with Crippen LogP contribution in [0, 0.1) is 5.41 Å². The molecule has 1 fully saturated rings. The van der Waals surface area contributed by atoms with Crippen molar-refractivity contribution >= 4 is 0 Å². The molecule has 1 atom stereocenters. The lowest BCUT2D eigenvalue weighted by Gasteiger charge is -2.36. The van der Waals surface area contributed by atoms with Gasteiger partial charge in [-0.2, -0.15) is 0 Å². The van der Waals surface area contributed by atoms with Crippen LogP contribution in [0.1, 0.15) is 46.0 Å². The average Bonchev–Trinajstić information content (AvgIpc) is 2.26. The van der Waals surface area contributed by atoms with Gasteiger partial charge in [-0.25, -0.2) is 5.43 Å². The summed E-state index contributed by atoms with van der Waals surface area (Å²) in [6.07, 6.45) is 6.26. The average molecular weight is 213 g/mol. The van der Waals surface area contributed by atoms with Crippen molar-refractivity contribution in [1.82, 2.24) is 10.4 Å². The molecule has 1 unspecified atom stereocenters. The van der Waals surface area contributed by atoms with Crippen LogP contribution in [0.3, 0.4) is 0 Å². The zero-order valence-corrected chi connectivity index (χ0v) is 10.8. The van der Waals surface area contributed by atoms with Crippen LogP contribution in [0.15, 0.2) is 0 Å². The lowest BCUT2D eigenvalue weighted by molar-refractivity contribution is 0.142. The molecule has 1 rings (SSSR count). The van der Waals surface area contributed by atoms with Crippen LogP contribution in [-0.2, 0) is 0 Å². The Kier molecular flexibility index (Phi) is 4.15. The second-order valence-electron chi connectivity index (χ2n) is 6.01. The number of rotatable bonds is 3. The summed E-state index contributed by atoms with van der Waals surface area (Å²) in [7, 11) is 4.10. The third kappa shape index (κ3) is 3.74. The van der Waals surface area contributed by atoms with Gasteiger partial charge < -0.3 is 5.73 Å². The van der Waals surface area contributed by atoms with Gasteiger partial charge in [0.15, 0.2) is 0 Å². The molecule has 1 saturated carbocycles. The minimum absolute atomic E-state index is 0.136. The zero-order chi connectivity index (χ0) is 11.5. The van der Waals surface area contributed by atoms with E-state index in [2.05, 4.69) is 19.3 Å². The molecule has 3 N–H and O–H groups in total. The van der Waals surface area contributed by atoms with E-state index in [9.17, 15) is 0 Å². The van der Waals surface area contributed by atoms with Crippen LogP contribution in [0.5, 0.6) is 0 Å². The van der Waals surface area contributed by atoms with Crippen molar-refractivity contribution in [3.05, 3.63) is 0 Å².